The highest BCUT2D eigenvalue weighted by Gasteiger charge is 2.21. The number of nitrogens with zero attached hydrogens (tertiary/aromatic N) is 2. The average Bonchev–Trinajstić information content (AvgIpc) is 3.00. The van der Waals surface area contributed by atoms with E-state index in [4.69, 9.17) is 5.73 Å². The quantitative estimate of drug-likeness (QED) is 0.498. The van der Waals surface area contributed by atoms with Crippen LogP contribution in [0.2, 0.25) is 0 Å². The van der Waals surface area contributed by atoms with E-state index in [-0.39, 0.29) is 36.3 Å². The summed E-state index contributed by atoms with van der Waals surface area (Å²) in [6.45, 7) is 0.179. The molecule has 0 spiro atoms. The molecule has 0 bridgehead atoms. The lowest BCUT2D eigenvalue weighted by atomic mass is 10.3. The molecule has 1 saturated carbocycles. The summed E-state index contributed by atoms with van der Waals surface area (Å²) in [7, 11) is 0. The summed E-state index contributed by atoms with van der Waals surface area (Å²) >= 11 is 0. The van der Waals surface area contributed by atoms with Gasteiger partial charge in [0.15, 0.2) is 5.96 Å². The number of pyridine rings is 1. The molecule has 88 valence electrons. The maximum absolute atomic E-state index is 13.1. The van der Waals surface area contributed by atoms with Crippen LogP contribution in [0.3, 0.4) is 0 Å². The molecule has 1 aliphatic carbocycles. The fourth-order valence-corrected chi connectivity index (χ4v) is 1.18. The van der Waals surface area contributed by atoms with Crippen molar-refractivity contribution in [3.63, 3.8) is 0 Å². The maximum Gasteiger partial charge on any atom is 0.189 e. The van der Waals surface area contributed by atoms with Crippen molar-refractivity contribution in [2.45, 2.75) is 25.4 Å². The molecule has 3 N–H and O–H groups in total. The third-order valence-corrected chi connectivity index (χ3v) is 2.16. The summed E-state index contributed by atoms with van der Waals surface area (Å²) in [5, 5.41) is 3.02. The fraction of sp³-hybridized carbons (Fsp3) is 0.400. The van der Waals surface area contributed by atoms with Gasteiger partial charge in [-0.05, 0) is 25.0 Å². The van der Waals surface area contributed by atoms with Crippen molar-refractivity contribution in [2.75, 3.05) is 0 Å². The monoisotopic (exact) mass is 336 g/mol. The Kier molecular flexibility index (Phi) is 4.91. The molecular formula is C10H14FIN4. The van der Waals surface area contributed by atoms with Gasteiger partial charge in [-0.15, -0.1) is 24.0 Å². The van der Waals surface area contributed by atoms with Gasteiger partial charge < -0.3 is 11.1 Å². The van der Waals surface area contributed by atoms with Crippen molar-refractivity contribution in [3.8, 4) is 0 Å². The van der Waals surface area contributed by atoms with E-state index in [1.165, 1.54) is 6.07 Å². The Bertz CT molecular complexity index is 379. The highest BCUT2D eigenvalue weighted by molar-refractivity contribution is 14.0. The van der Waals surface area contributed by atoms with Crippen molar-refractivity contribution < 1.29 is 4.39 Å². The second-order valence-electron chi connectivity index (χ2n) is 3.55. The Morgan fingerprint density at radius 1 is 1.62 bits per heavy atom. The summed E-state index contributed by atoms with van der Waals surface area (Å²) in [6.07, 6.45) is 3.81. The van der Waals surface area contributed by atoms with Crippen LogP contribution in [0.4, 0.5) is 4.39 Å². The average molecular weight is 336 g/mol. The zero-order valence-corrected chi connectivity index (χ0v) is 11.0. The van der Waals surface area contributed by atoms with E-state index in [1.807, 2.05) is 0 Å². The number of halogens is 2. The van der Waals surface area contributed by atoms with Crippen LogP contribution in [0.15, 0.2) is 23.3 Å². The third kappa shape index (κ3) is 3.92. The van der Waals surface area contributed by atoms with Gasteiger partial charge in [0.2, 0.25) is 0 Å². The van der Waals surface area contributed by atoms with Crippen molar-refractivity contribution in [3.05, 3.63) is 29.8 Å². The number of nitrogens with two attached hydrogens (primary N) is 1. The standard InChI is InChI=1S/C10H13FN4.HI/c11-8-2-1-5-13-9(8)6-14-10(12)15-7-3-4-7;/h1-2,5,7H,3-4,6H2,(H3,12,14,15);1H. The summed E-state index contributed by atoms with van der Waals surface area (Å²) in [4.78, 5) is 7.90. The first-order valence-electron chi connectivity index (χ1n) is 4.91. The number of aromatic nitrogens is 1. The van der Waals surface area contributed by atoms with Crippen molar-refractivity contribution >= 4 is 29.9 Å². The summed E-state index contributed by atoms with van der Waals surface area (Å²) < 4.78 is 13.1. The number of hydrogen-bond acceptors (Lipinski definition) is 2. The molecule has 2 rings (SSSR count). The minimum absolute atomic E-state index is 0. The molecule has 1 aromatic heterocycles. The maximum atomic E-state index is 13.1. The molecule has 0 radical (unpaired) electrons. The molecule has 1 aliphatic rings. The van der Waals surface area contributed by atoms with Gasteiger partial charge in [-0.3, -0.25) is 4.98 Å². The van der Waals surface area contributed by atoms with E-state index in [0.29, 0.717) is 17.7 Å². The van der Waals surface area contributed by atoms with Crippen LogP contribution in [-0.2, 0) is 6.54 Å². The van der Waals surface area contributed by atoms with Crippen molar-refractivity contribution in [1.29, 1.82) is 0 Å². The molecule has 0 atom stereocenters. The van der Waals surface area contributed by atoms with Crippen LogP contribution in [-0.4, -0.2) is 17.0 Å². The van der Waals surface area contributed by atoms with E-state index in [9.17, 15) is 4.39 Å². The fourth-order valence-electron chi connectivity index (χ4n) is 1.18. The third-order valence-electron chi connectivity index (χ3n) is 2.16. The lowest BCUT2D eigenvalue weighted by Crippen LogP contribution is -2.33. The molecule has 0 amide bonds. The van der Waals surface area contributed by atoms with E-state index >= 15 is 0 Å². The predicted octanol–water partition coefficient (Wildman–Crippen LogP) is 1.41. The Hall–Kier alpha value is -0.920. The molecular weight excluding hydrogens is 322 g/mol. The minimum Gasteiger partial charge on any atom is -0.370 e. The highest BCUT2D eigenvalue weighted by Crippen LogP contribution is 2.18. The Morgan fingerprint density at radius 2 is 2.38 bits per heavy atom. The molecule has 6 heteroatoms. The van der Waals surface area contributed by atoms with E-state index in [0.717, 1.165) is 12.8 Å². The number of hydrogen-bond donors (Lipinski definition) is 2. The predicted molar refractivity (Wildman–Crippen MR) is 71.1 cm³/mol. The van der Waals surface area contributed by atoms with Gasteiger partial charge in [0.05, 0.1) is 12.2 Å². The first-order valence-corrected chi connectivity index (χ1v) is 4.91. The zero-order valence-electron chi connectivity index (χ0n) is 8.69. The second kappa shape index (κ2) is 5.97. The van der Waals surface area contributed by atoms with Crippen LogP contribution in [0.5, 0.6) is 0 Å². The number of aliphatic imine (C=N–C) groups is 1. The first kappa shape index (κ1) is 13.1. The van der Waals surface area contributed by atoms with Crippen LogP contribution < -0.4 is 11.1 Å². The molecule has 16 heavy (non-hydrogen) atoms. The molecule has 4 nitrogen and oxygen atoms in total. The Balaban J connectivity index is 0.00000128. The highest BCUT2D eigenvalue weighted by atomic mass is 127. The largest absolute Gasteiger partial charge is 0.370 e. The van der Waals surface area contributed by atoms with Gasteiger partial charge in [-0.2, -0.15) is 0 Å². The molecule has 0 saturated heterocycles. The van der Waals surface area contributed by atoms with Crippen molar-refractivity contribution in [2.24, 2.45) is 10.7 Å². The SMILES string of the molecule is I.NC(=NCc1ncccc1F)NC1CC1. The molecule has 0 aromatic carbocycles. The second-order valence-corrected chi connectivity index (χ2v) is 3.55. The van der Waals surface area contributed by atoms with Crippen LogP contribution >= 0.6 is 24.0 Å². The summed E-state index contributed by atoms with van der Waals surface area (Å²) in [5.41, 5.74) is 5.92. The van der Waals surface area contributed by atoms with Crippen molar-refractivity contribution in [1.82, 2.24) is 10.3 Å². The van der Waals surface area contributed by atoms with Crippen LogP contribution in [0, 0.1) is 5.82 Å². The van der Waals surface area contributed by atoms with E-state index in [2.05, 4.69) is 15.3 Å². The Morgan fingerprint density at radius 3 is 3.00 bits per heavy atom. The normalized spacial score (nSPS) is 15.4. The summed E-state index contributed by atoms with van der Waals surface area (Å²) in [6, 6.07) is 3.37. The molecule has 1 fully saturated rings. The molecule has 0 aliphatic heterocycles. The Labute approximate surface area is 111 Å². The smallest absolute Gasteiger partial charge is 0.189 e. The van der Waals surface area contributed by atoms with Crippen LogP contribution in [0.25, 0.3) is 0 Å². The number of nitrogens with one attached hydrogen (secondary N) is 1. The molecule has 1 aromatic rings. The number of rotatable bonds is 3. The number of guanidine groups is 1. The van der Waals surface area contributed by atoms with Gasteiger partial charge in [-0.1, -0.05) is 0 Å². The van der Waals surface area contributed by atoms with Gasteiger partial charge >= 0.3 is 0 Å². The van der Waals surface area contributed by atoms with Gasteiger partial charge in [-0.25, -0.2) is 9.38 Å². The molecule has 1 heterocycles. The van der Waals surface area contributed by atoms with Gasteiger partial charge in [0.1, 0.15) is 5.82 Å². The van der Waals surface area contributed by atoms with E-state index in [1.54, 1.807) is 12.3 Å². The zero-order chi connectivity index (χ0) is 10.7. The lowest BCUT2D eigenvalue weighted by Gasteiger charge is -2.02. The molecule has 0 unspecified atom stereocenters. The lowest BCUT2D eigenvalue weighted by molar-refractivity contribution is 0.599. The minimum atomic E-state index is -0.347. The van der Waals surface area contributed by atoms with Gasteiger partial charge in [0.25, 0.3) is 0 Å². The topological polar surface area (TPSA) is 63.3 Å². The van der Waals surface area contributed by atoms with Crippen LogP contribution in [0.1, 0.15) is 18.5 Å². The first-order chi connectivity index (χ1) is 7.25. The van der Waals surface area contributed by atoms with Gasteiger partial charge in [0, 0.05) is 12.2 Å². The van der Waals surface area contributed by atoms with E-state index < -0.39 is 0 Å². The summed E-state index contributed by atoms with van der Waals surface area (Å²) in [5.74, 6) is 0.0167.